The van der Waals surface area contributed by atoms with E-state index in [9.17, 15) is 9.59 Å². The van der Waals surface area contributed by atoms with Crippen molar-refractivity contribution in [3.63, 3.8) is 0 Å². The number of rotatable bonds is 6. The molecule has 0 atom stereocenters. The van der Waals surface area contributed by atoms with E-state index in [4.69, 9.17) is 14.2 Å². The third-order valence-corrected chi connectivity index (χ3v) is 4.71. The highest BCUT2D eigenvalue weighted by Crippen LogP contribution is 2.35. The van der Waals surface area contributed by atoms with Gasteiger partial charge >= 0.3 is 5.97 Å². The van der Waals surface area contributed by atoms with Crippen LogP contribution in [0.2, 0.25) is 0 Å². The van der Waals surface area contributed by atoms with Gasteiger partial charge in [-0.3, -0.25) is 9.78 Å². The van der Waals surface area contributed by atoms with Gasteiger partial charge in [0, 0.05) is 29.7 Å². The lowest BCUT2D eigenvalue weighted by atomic mass is 10.0. The molecule has 150 valence electrons. The summed E-state index contributed by atoms with van der Waals surface area (Å²) in [6.07, 6.45) is 4.99. The number of ether oxygens (including phenoxy) is 3. The Morgan fingerprint density at radius 3 is 2.59 bits per heavy atom. The second kappa shape index (κ2) is 8.60. The number of nitrogens with zero attached hydrogens (tertiary/aromatic N) is 2. The standard InChI is InChI=1S/C22H22N2O5/c1-14-20(22(26)29-4)18(10-16-7-8-17(27-2)11-19(16)28-3)21(25)24(14)13-15-6-5-9-23-12-15/h5-12H,13H2,1-4H3. The highest BCUT2D eigenvalue weighted by atomic mass is 16.5. The fraction of sp³-hybridized carbons (Fsp3) is 0.227. The van der Waals surface area contributed by atoms with Crippen molar-refractivity contribution < 1.29 is 23.8 Å². The molecule has 0 spiro atoms. The van der Waals surface area contributed by atoms with Crippen molar-refractivity contribution in [1.82, 2.24) is 9.88 Å². The third-order valence-electron chi connectivity index (χ3n) is 4.71. The van der Waals surface area contributed by atoms with Crippen molar-refractivity contribution in [3.8, 4) is 11.5 Å². The number of benzene rings is 1. The first-order chi connectivity index (χ1) is 14.0. The first kappa shape index (κ1) is 20.1. The average Bonchev–Trinajstić information content (AvgIpc) is 2.98. The number of carbonyl (C=O) groups is 2. The molecule has 1 aliphatic rings. The Bertz CT molecular complexity index is 996. The van der Waals surface area contributed by atoms with Crippen LogP contribution in [-0.4, -0.2) is 43.1 Å². The average molecular weight is 394 g/mol. The number of carbonyl (C=O) groups excluding carboxylic acids is 2. The van der Waals surface area contributed by atoms with Crippen molar-refractivity contribution >= 4 is 18.0 Å². The Hall–Kier alpha value is -3.61. The summed E-state index contributed by atoms with van der Waals surface area (Å²) in [4.78, 5) is 31.3. The Morgan fingerprint density at radius 2 is 1.97 bits per heavy atom. The molecule has 0 unspecified atom stereocenters. The number of hydrogen-bond donors (Lipinski definition) is 0. The molecule has 0 aliphatic carbocycles. The second-order valence-electron chi connectivity index (χ2n) is 6.37. The molecule has 0 radical (unpaired) electrons. The minimum Gasteiger partial charge on any atom is -0.497 e. The van der Waals surface area contributed by atoms with Crippen molar-refractivity contribution in [2.24, 2.45) is 0 Å². The number of methoxy groups -OCH3 is 3. The minimum absolute atomic E-state index is 0.235. The van der Waals surface area contributed by atoms with Crippen LogP contribution in [0.15, 0.2) is 59.6 Å². The summed E-state index contributed by atoms with van der Waals surface area (Å²) >= 11 is 0. The summed E-state index contributed by atoms with van der Waals surface area (Å²) in [5.74, 6) is 0.296. The maximum Gasteiger partial charge on any atom is 0.340 e. The third kappa shape index (κ3) is 3.99. The summed E-state index contributed by atoms with van der Waals surface area (Å²) in [5.41, 5.74) is 2.52. The van der Waals surface area contributed by atoms with Gasteiger partial charge in [-0.05, 0) is 36.8 Å². The van der Waals surface area contributed by atoms with E-state index in [2.05, 4.69) is 4.98 Å². The topological polar surface area (TPSA) is 78.0 Å². The molecule has 3 rings (SSSR count). The molecular weight excluding hydrogens is 372 g/mol. The number of allylic oxidation sites excluding steroid dienone is 1. The summed E-state index contributed by atoms with van der Waals surface area (Å²) < 4.78 is 15.6. The van der Waals surface area contributed by atoms with Gasteiger partial charge in [-0.2, -0.15) is 0 Å². The Morgan fingerprint density at radius 1 is 1.17 bits per heavy atom. The van der Waals surface area contributed by atoms with Crippen molar-refractivity contribution in [2.75, 3.05) is 21.3 Å². The predicted molar refractivity (Wildman–Crippen MR) is 107 cm³/mol. The van der Waals surface area contributed by atoms with Gasteiger partial charge in [0.2, 0.25) is 0 Å². The highest BCUT2D eigenvalue weighted by Gasteiger charge is 2.37. The largest absolute Gasteiger partial charge is 0.497 e. The second-order valence-corrected chi connectivity index (χ2v) is 6.37. The molecule has 0 bridgehead atoms. The van der Waals surface area contributed by atoms with Gasteiger partial charge in [-0.15, -0.1) is 0 Å². The molecule has 0 saturated carbocycles. The van der Waals surface area contributed by atoms with Crippen molar-refractivity contribution in [2.45, 2.75) is 13.5 Å². The molecule has 0 fully saturated rings. The quantitative estimate of drug-likeness (QED) is 0.554. The molecule has 1 aromatic carbocycles. The van der Waals surface area contributed by atoms with Crippen LogP contribution in [0.25, 0.3) is 6.08 Å². The minimum atomic E-state index is -0.566. The van der Waals surface area contributed by atoms with E-state index >= 15 is 0 Å². The van der Waals surface area contributed by atoms with Gasteiger partial charge in [0.05, 0.1) is 39.0 Å². The molecular formula is C22H22N2O5. The highest BCUT2D eigenvalue weighted by molar-refractivity contribution is 6.16. The van der Waals surface area contributed by atoms with Gasteiger partial charge in [0.1, 0.15) is 11.5 Å². The molecule has 1 amide bonds. The Kier molecular flexibility index (Phi) is 5.97. The van der Waals surface area contributed by atoms with E-state index in [1.165, 1.54) is 14.2 Å². The lowest BCUT2D eigenvalue weighted by Crippen LogP contribution is -2.24. The summed E-state index contributed by atoms with van der Waals surface area (Å²) in [6, 6.07) is 8.92. The summed E-state index contributed by atoms with van der Waals surface area (Å²) in [5, 5.41) is 0. The van der Waals surface area contributed by atoms with E-state index in [1.54, 1.807) is 61.7 Å². The Balaban J connectivity index is 2.06. The number of amides is 1. The maximum atomic E-state index is 13.2. The van der Waals surface area contributed by atoms with Crippen LogP contribution in [0.5, 0.6) is 11.5 Å². The molecule has 0 saturated heterocycles. The molecule has 29 heavy (non-hydrogen) atoms. The normalized spacial score (nSPS) is 15.1. The van der Waals surface area contributed by atoms with Gasteiger partial charge in [-0.1, -0.05) is 6.07 Å². The maximum absolute atomic E-state index is 13.2. The summed E-state index contributed by atoms with van der Waals surface area (Å²) in [6.45, 7) is 2.03. The number of esters is 1. The monoisotopic (exact) mass is 394 g/mol. The fourth-order valence-corrected chi connectivity index (χ4v) is 3.19. The molecule has 1 aliphatic heterocycles. The van der Waals surface area contributed by atoms with Crippen LogP contribution >= 0.6 is 0 Å². The van der Waals surface area contributed by atoms with Crippen molar-refractivity contribution in [1.29, 1.82) is 0 Å². The fourth-order valence-electron chi connectivity index (χ4n) is 3.19. The van der Waals surface area contributed by atoms with Crippen LogP contribution in [0.3, 0.4) is 0 Å². The van der Waals surface area contributed by atoms with Crippen molar-refractivity contribution in [3.05, 3.63) is 70.7 Å². The first-order valence-electron chi connectivity index (χ1n) is 8.94. The number of aromatic nitrogens is 1. The van der Waals surface area contributed by atoms with Crippen LogP contribution < -0.4 is 9.47 Å². The van der Waals surface area contributed by atoms with Gasteiger partial charge in [0.25, 0.3) is 5.91 Å². The molecule has 2 aromatic rings. The summed E-state index contributed by atoms with van der Waals surface area (Å²) in [7, 11) is 4.39. The SMILES string of the molecule is COC(=O)C1=C(C)N(Cc2cccnc2)C(=O)C1=Cc1ccc(OC)cc1OC. The lowest BCUT2D eigenvalue weighted by Gasteiger charge is -2.17. The zero-order valence-corrected chi connectivity index (χ0v) is 16.8. The smallest absolute Gasteiger partial charge is 0.340 e. The molecule has 7 heteroatoms. The first-order valence-corrected chi connectivity index (χ1v) is 8.94. The van der Waals surface area contributed by atoms with E-state index in [0.29, 0.717) is 29.3 Å². The van der Waals surface area contributed by atoms with Crippen LogP contribution in [-0.2, 0) is 20.9 Å². The van der Waals surface area contributed by atoms with Crippen LogP contribution in [0.1, 0.15) is 18.1 Å². The van der Waals surface area contributed by atoms with E-state index < -0.39 is 5.97 Å². The molecule has 7 nitrogen and oxygen atoms in total. The number of pyridine rings is 1. The van der Waals surface area contributed by atoms with E-state index in [-0.39, 0.29) is 17.1 Å². The lowest BCUT2D eigenvalue weighted by molar-refractivity contribution is -0.136. The molecule has 2 heterocycles. The van der Waals surface area contributed by atoms with Crippen LogP contribution in [0.4, 0.5) is 0 Å². The van der Waals surface area contributed by atoms with Crippen LogP contribution in [0, 0.1) is 0 Å². The zero-order chi connectivity index (χ0) is 21.0. The Labute approximate surface area is 169 Å². The molecule has 1 aromatic heterocycles. The van der Waals surface area contributed by atoms with E-state index in [0.717, 1.165) is 5.56 Å². The number of hydrogen-bond acceptors (Lipinski definition) is 6. The predicted octanol–water partition coefficient (Wildman–Crippen LogP) is 2.97. The zero-order valence-electron chi connectivity index (χ0n) is 16.8. The van der Waals surface area contributed by atoms with Gasteiger partial charge in [-0.25, -0.2) is 4.79 Å². The molecule has 0 N–H and O–H groups in total. The van der Waals surface area contributed by atoms with Gasteiger partial charge in [0.15, 0.2) is 0 Å². The van der Waals surface area contributed by atoms with E-state index in [1.807, 2.05) is 6.07 Å². The van der Waals surface area contributed by atoms with Gasteiger partial charge < -0.3 is 19.1 Å².